The van der Waals surface area contributed by atoms with E-state index in [-0.39, 0.29) is 22.3 Å². The molecule has 0 aliphatic heterocycles. The van der Waals surface area contributed by atoms with Crippen molar-refractivity contribution < 1.29 is 49.3 Å². The molecule has 2 aromatic carbocycles. The second kappa shape index (κ2) is 7.98. The third kappa shape index (κ3) is 4.68. The summed E-state index contributed by atoms with van der Waals surface area (Å²) in [7, 11) is -4.45. The zero-order valence-corrected chi connectivity index (χ0v) is 14.4. The molecule has 0 saturated heterocycles. The Morgan fingerprint density at radius 3 is 0.889 bits per heavy atom. The van der Waals surface area contributed by atoms with Crippen LogP contribution in [-0.4, -0.2) is 49.3 Å². The smallest absolute Gasteiger partial charge is 0.206 e. The first-order chi connectivity index (χ1) is 12.4. The molecule has 0 aromatic heterocycles. The minimum Gasteiger partial charge on any atom is -0.364 e. The Kier molecular flexibility index (Phi) is 6.32. The highest BCUT2D eigenvalue weighted by molar-refractivity contribution is 7.91. The molecule has 0 heterocycles. The van der Waals surface area contributed by atoms with E-state index >= 15 is 0 Å². The van der Waals surface area contributed by atoms with Gasteiger partial charge in [0.15, 0.2) is 25.2 Å². The van der Waals surface area contributed by atoms with Crippen LogP contribution in [0.1, 0.15) is 47.4 Å². The van der Waals surface area contributed by atoms with Gasteiger partial charge in [0.05, 0.1) is 9.79 Å². The van der Waals surface area contributed by atoms with Gasteiger partial charge in [-0.05, 0) is 36.4 Å². The zero-order chi connectivity index (χ0) is 20.5. The van der Waals surface area contributed by atoms with E-state index in [1.54, 1.807) is 0 Å². The zero-order valence-electron chi connectivity index (χ0n) is 13.6. The van der Waals surface area contributed by atoms with Crippen LogP contribution in [0.4, 0.5) is 0 Å². The van der Waals surface area contributed by atoms with E-state index < -0.39 is 44.8 Å². The molecule has 10 nitrogen and oxygen atoms in total. The summed E-state index contributed by atoms with van der Waals surface area (Å²) in [5.74, 6) is 0. The van der Waals surface area contributed by atoms with Crippen molar-refractivity contribution in [2.24, 2.45) is 0 Å². The van der Waals surface area contributed by atoms with Crippen molar-refractivity contribution >= 4 is 9.84 Å². The summed E-state index contributed by atoms with van der Waals surface area (Å²) in [6.45, 7) is 0. The molecule has 0 radical (unpaired) electrons. The molecule has 148 valence electrons. The SMILES string of the molecule is O=S(=O)(c1cc(C(O)O)cc(C(O)O)c1)c1cc(C(O)O)cc(C(O)O)c1. The summed E-state index contributed by atoms with van der Waals surface area (Å²) in [5.41, 5.74) is -1.33. The van der Waals surface area contributed by atoms with Gasteiger partial charge >= 0.3 is 0 Å². The standard InChI is InChI=1S/C16H18O10S/c17-13(18)7-1-8(14(19)20)4-11(3-7)27(25,26)12-5-9(15(21)22)2-10(6-12)16(23)24/h1-6,13-24H. The molecular formula is C16H18O10S. The molecule has 2 aromatic rings. The van der Waals surface area contributed by atoms with Crippen LogP contribution in [0.5, 0.6) is 0 Å². The second-order valence-electron chi connectivity index (χ2n) is 5.67. The van der Waals surface area contributed by atoms with Crippen LogP contribution in [0, 0.1) is 0 Å². The van der Waals surface area contributed by atoms with Gasteiger partial charge in [0.1, 0.15) is 0 Å². The summed E-state index contributed by atoms with van der Waals surface area (Å²) < 4.78 is 25.8. The van der Waals surface area contributed by atoms with Crippen LogP contribution in [-0.2, 0) is 9.84 Å². The van der Waals surface area contributed by atoms with Crippen LogP contribution in [0.15, 0.2) is 46.2 Å². The molecule has 0 amide bonds. The monoisotopic (exact) mass is 402 g/mol. The van der Waals surface area contributed by atoms with Crippen molar-refractivity contribution in [2.75, 3.05) is 0 Å². The minimum absolute atomic E-state index is 0.333. The largest absolute Gasteiger partial charge is 0.364 e. The van der Waals surface area contributed by atoms with E-state index in [9.17, 15) is 49.3 Å². The van der Waals surface area contributed by atoms with Gasteiger partial charge in [0.2, 0.25) is 9.84 Å². The molecular weight excluding hydrogens is 384 g/mol. The lowest BCUT2D eigenvalue weighted by atomic mass is 10.1. The van der Waals surface area contributed by atoms with Crippen molar-refractivity contribution in [2.45, 2.75) is 35.0 Å². The maximum atomic E-state index is 12.9. The summed E-state index contributed by atoms with van der Waals surface area (Å²) >= 11 is 0. The van der Waals surface area contributed by atoms with Crippen LogP contribution in [0.3, 0.4) is 0 Å². The van der Waals surface area contributed by atoms with E-state index in [1.807, 2.05) is 0 Å². The number of aliphatic hydroxyl groups excluding tert-OH is 4. The highest BCUT2D eigenvalue weighted by Gasteiger charge is 2.24. The van der Waals surface area contributed by atoms with E-state index in [1.165, 1.54) is 0 Å². The molecule has 0 saturated carbocycles. The Morgan fingerprint density at radius 1 is 0.481 bits per heavy atom. The Labute approximate surface area is 153 Å². The van der Waals surface area contributed by atoms with Crippen molar-refractivity contribution in [3.8, 4) is 0 Å². The molecule has 0 bridgehead atoms. The fraction of sp³-hybridized carbons (Fsp3) is 0.250. The van der Waals surface area contributed by atoms with Crippen LogP contribution in [0.25, 0.3) is 0 Å². The minimum atomic E-state index is -4.45. The molecule has 0 atom stereocenters. The molecule has 0 spiro atoms. The summed E-state index contributed by atoms with van der Waals surface area (Å²) in [6, 6.07) is 5.47. The highest BCUT2D eigenvalue weighted by atomic mass is 32.2. The average molecular weight is 402 g/mol. The van der Waals surface area contributed by atoms with Gasteiger partial charge in [-0.25, -0.2) is 8.42 Å². The van der Waals surface area contributed by atoms with Gasteiger partial charge in [-0.3, -0.25) is 0 Å². The van der Waals surface area contributed by atoms with Gasteiger partial charge in [-0.15, -0.1) is 0 Å². The number of aliphatic hydroxyl groups is 8. The fourth-order valence-corrected chi connectivity index (χ4v) is 3.77. The third-order valence-electron chi connectivity index (χ3n) is 3.72. The molecule has 2 rings (SSSR count). The maximum Gasteiger partial charge on any atom is 0.206 e. The van der Waals surface area contributed by atoms with E-state index in [2.05, 4.69) is 0 Å². The first-order valence-electron chi connectivity index (χ1n) is 7.43. The molecule has 27 heavy (non-hydrogen) atoms. The average Bonchev–Trinajstić information content (AvgIpc) is 2.60. The van der Waals surface area contributed by atoms with Crippen LogP contribution in [0.2, 0.25) is 0 Å². The summed E-state index contributed by atoms with van der Waals surface area (Å²) in [4.78, 5) is -1.11. The number of benzene rings is 2. The van der Waals surface area contributed by atoms with Crippen molar-refractivity contribution in [1.82, 2.24) is 0 Å². The van der Waals surface area contributed by atoms with E-state index in [0.29, 0.717) is 0 Å². The second-order valence-corrected chi connectivity index (χ2v) is 7.62. The third-order valence-corrected chi connectivity index (χ3v) is 5.43. The van der Waals surface area contributed by atoms with E-state index in [0.717, 1.165) is 36.4 Å². The van der Waals surface area contributed by atoms with Crippen molar-refractivity contribution in [3.63, 3.8) is 0 Å². The van der Waals surface area contributed by atoms with E-state index in [4.69, 9.17) is 0 Å². The van der Waals surface area contributed by atoms with Crippen molar-refractivity contribution in [1.29, 1.82) is 0 Å². The lowest BCUT2D eigenvalue weighted by Crippen LogP contribution is -2.10. The molecule has 0 fully saturated rings. The van der Waals surface area contributed by atoms with Gasteiger partial charge < -0.3 is 40.9 Å². The first-order valence-corrected chi connectivity index (χ1v) is 8.91. The molecule has 11 heteroatoms. The predicted molar refractivity (Wildman–Crippen MR) is 87.1 cm³/mol. The predicted octanol–water partition coefficient (Wildman–Crippen LogP) is -1.55. The first kappa shape index (κ1) is 21.4. The Hall–Kier alpha value is -1.93. The lowest BCUT2D eigenvalue weighted by molar-refractivity contribution is -0.0488. The molecule has 0 aliphatic rings. The molecule has 0 unspecified atom stereocenters. The summed E-state index contributed by atoms with van der Waals surface area (Å²) in [6.07, 6.45) is -8.40. The number of hydrogen-bond donors (Lipinski definition) is 8. The van der Waals surface area contributed by atoms with Gasteiger partial charge in [0.25, 0.3) is 0 Å². The lowest BCUT2D eigenvalue weighted by Gasteiger charge is -2.15. The maximum absolute atomic E-state index is 12.9. The van der Waals surface area contributed by atoms with Crippen LogP contribution < -0.4 is 0 Å². The normalized spacial score (nSPS) is 12.6. The van der Waals surface area contributed by atoms with Gasteiger partial charge in [-0.2, -0.15) is 0 Å². The van der Waals surface area contributed by atoms with Crippen molar-refractivity contribution in [3.05, 3.63) is 58.7 Å². The Balaban J connectivity index is 2.72. The Morgan fingerprint density at radius 2 is 0.704 bits per heavy atom. The molecule has 0 aliphatic carbocycles. The highest BCUT2D eigenvalue weighted by Crippen LogP contribution is 2.30. The fourth-order valence-electron chi connectivity index (χ4n) is 2.33. The Bertz CT molecular complexity index is 797. The van der Waals surface area contributed by atoms with Gasteiger partial charge in [-0.1, -0.05) is 0 Å². The van der Waals surface area contributed by atoms with Crippen LogP contribution >= 0.6 is 0 Å². The number of sulfone groups is 1. The quantitative estimate of drug-likeness (QED) is 0.262. The van der Waals surface area contributed by atoms with Gasteiger partial charge in [0, 0.05) is 22.3 Å². The molecule has 8 N–H and O–H groups in total. The number of rotatable bonds is 6. The number of hydrogen-bond acceptors (Lipinski definition) is 10. The summed E-state index contributed by atoms with van der Waals surface area (Å²) in [5, 5.41) is 74.3. The topological polar surface area (TPSA) is 196 Å².